The first-order chi connectivity index (χ1) is 16.7. The van der Waals surface area contributed by atoms with E-state index in [0.29, 0.717) is 41.8 Å². The monoisotopic (exact) mass is 458 g/mol. The summed E-state index contributed by atoms with van der Waals surface area (Å²) in [6, 6.07) is 8.81. The Hall–Kier alpha value is -4.25. The van der Waals surface area contributed by atoms with Gasteiger partial charge >= 0.3 is 6.03 Å². The molecule has 1 aromatic carbocycles. The van der Waals surface area contributed by atoms with E-state index in [9.17, 15) is 4.79 Å². The minimum Gasteiger partial charge on any atom is -0.461 e. The Bertz CT molecular complexity index is 1500. The second-order valence-electron chi connectivity index (χ2n) is 8.12. The number of furan rings is 1. The van der Waals surface area contributed by atoms with Gasteiger partial charge in [0, 0.05) is 18.4 Å². The number of hydrogen-bond donors (Lipinski definition) is 2. The van der Waals surface area contributed by atoms with E-state index in [1.165, 1.54) is 4.52 Å². The van der Waals surface area contributed by atoms with E-state index in [1.807, 2.05) is 29.1 Å². The van der Waals surface area contributed by atoms with E-state index in [1.54, 1.807) is 18.4 Å². The quantitative estimate of drug-likeness (QED) is 0.390. The van der Waals surface area contributed by atoms with Crippen LogP contribution in [0.15, 0.2) is 47.2 Å². The number of hydrogen-bond acceptors (Lipinski definition) is 7. The number of ether oxygens (including phenoxy) is 1. The van der Waals surface area contributed by atoms with Gasteiger partial charge in [0.15, 0.2) is 17.1 Å². The standard InChI is InChI=1S/C23H22N8O3/c1-2-3-8-30-11-17-19(28-30)26-22(31-21(17)25-20(29-31)18-5-4-9-34-18)27-23(32)24-16-7-6-14-12-33-13-15(14)10-16/h4-7,9-11H,2-3,8,12-13H2,1H3,(H2,24,26,27,28,32). The van der Waals surface area contributed by atoms with Crippen molar-refractivity contribution in [3.63, 3.8) is 0 Å². The summed E-state index contributed by atoms with van der Waals surface area (Å²) < 4.78 is 14.3. The number of unbranched alkanes of at least 4 members (excludes halogenated alkanes) is 1. The molecule has 172 valence electrons. The number of urea groups is 1. The summed E-state index contributed by atoms with van der Waals surface area (Å²) in [5, 5.41) is 15.5. The number of aromatic nitrogens is 6. The molecule has 1 aliphatic heterocycles. The summed E-state index contributed by atoms with van der Waals surface area (Å²) in [5.74, 6) is 1.12. The molecule has 0 unspecified atom stereocenters. The molecule has 1 aliphatic rings. The van der Waals surface area contributed by atoms with Crippen LogP contribution in [-0.4, -0.2) is 35.4 Å². The molecule has 0 saturated heterocycles. The first-order valence-electron chi connectivity index (χ1n) is 11.1. The molecule has 0 atom stereocenters. The normalized spacial score (nSPS) is 13.0. The van der Waals surface area contributed by atoms with Crippen molar-refractivity contribution in [1.82, 2.24) is 29.4 Å². The highest BCUT2D eigenvalue weighted by atomic mass is 16.5. The summed E-state index contributed by atoms with van der Waals surface area (Å²) in [6.45, 7) is 4.03. The highest BCUT2D eigenvalue weighted by molar-refractivity contribution is 6.00. The van der Waals surface area contributed by atoms with E-state index in [4.69, 9.17) is 9.15 Å². The first kappa shape index (κ1) is 20.4. The Morgan fingerprint density at radius 2 is 2.03 bits per heavy atom. The molecule has 0 spiro atoms. The van der Waals surface area contributed by atoms with Crippen LogP contribution in [0.25, 0.3) is 28.3 Å². The summed E-state index contributed by atoms with van der Waals surface area (Å²) in [7, 11) is 0. The third-order valence-corrected chi connectivity index (χ3v) is 5.69. The zero-order valence-corrected chi connectivity index (χ0v) is 18.5. The number of rotatable bonds is 6. The number of aryl methyl sites for hydroxylation is 1. The molecule has 5 heterocycles. The zero-order valence-electron chi connectivity index (χ0n) is 18.5. The smallest absolute Gasteiger partial charge is 0.326 e. The van der Waals surface area contributed by atoms with Crippen LogP contribution in [0.4, 0.5) is 16.4 Å². The number of anilines is 2. The molecule has 0 aliphatic carbocycles. The molecular formula is C23H22N8O3. The molecular weight excluding hydrogens is 436 g/mol. The van der Waals surface area contributed by atoms with Crippen LogP contribution < -0.4 is 10.6 Å². The van der Waals surface area contributed by atoms with Gasteiger partial charge in [0.25, 0.3) is 0 Å². The predicted molar refractivity (Wildman–Crippen MR) is 124 cm³/mol. The molecule has 0 bridgehead atoms. The van der Waals surface area contributed by atoms with Crippen LogP contribution in [0, 0.1) is 0 Å². The van der Waals surface area contributed by atoms with Crippen LogP contribution in [0.5, 0.6) is 0 Å². The van der Waals surface area contributed by atoms with Crippen molar-refractivity contribution < 1.29 is 13.9 Å². The van der Waals surface area contributed by atoms with Gasteiger partial charge < -0.3 is 14.5 Å². The lowest BCUT2D eigenvalue weighted by atomic mass is 10.1. The third-order valence-electron chi connectivity index (χ3n) is 5.69. The van der Waals surface area contributed by atoms with Crippen molar-refractivity contribution in [2.24, 2.45) is 0 Å². The van der Waals surface area contributed by atoms with Crippen molar-refractivity contribution in [3.8, 4) is 11.6 Å². The molecule has 5 aromatic rings. The zero-order chi connectivity index (χ0) is 23.1. The van der Waals surface area contributed by atoms with Gasteiger partial charge in [0.1, 0.15) is 0 Å². The van der Waals surface area contributed by atoms with Crippen LogP contribution in [0.2, 0.25) is 0 Å². The Labute approximate surface area is 193 Å². The first-order valence-corrected chi connectivity index (χ1v) is 11.1. The predicted octanol–water partition coefficient (Wildman–Crippen LogP) is 4.21. The number of benzene rings is 1. The van der Waals surface area contributed by atoms with Gasteiger partial charge in [0.2, 0.25) is 11.8 Å². The molecule has 6 rings (SSSR count). The van der Waals surface area contributed by atoms with Gasteiger partial charge in [-0.15, -0.1) is 5.10 Å². The highest BCUT2D eigenvalue weighted by Gasteiger charge is 2.20. The van der Waals surface area contributed by atoms with Gasteiger partial charge in [-0.3, -0.25) is 10.00 Å². The van der Waals surface area contributed by atoms with E-state index in [0.717, 1.165) is 35.9 Å². The van der Waals surface area contributed by atoms with Gasteiger partial charge in [-0.25, -0.2) is 9.78 Å². The molecule has 2 amide bonds. The van der Waals surface area contributed by atoms with Crippen LogP contribution in [-0.2, 0) is 24.5 Å². The SMILES string of the molecule is CCCCn1cc2c(nc(NC(=O)Nc3ccc4c(c3)COC4)n3nc(-c4ccco4)nc23)n1. The maximum Gasteiger partial charge on any atom is 0.326 e. The second kappa shape index (κ2) is 8.27. The Kier molecular flexibility index (Phi) is 4.95. The molecule has 2 N–H and O–H groups in total. The van der Waals surface area contributed by atoms with Crippen molar-refractivity contribution in [2.45, 2.75) is 39.5 Å². The number of carbonyl (C=O) groups excluding carboxylic acids is 1. The van der Waals surface area contributed by atoms with Crippen molar-refractivity contribution in [1.29, 1.82) is 0 Å². The molecule has 11 nitrogen and oxygen atoms in total. The molecule has 0 radical (unpaired) electrons. The highest BCUT2D eigenvalue weighted by Crippen LogP contribution is 2.25. The molecule has 0 saturated carbocycles. The summed E-state index contributed by atoms with van der Waals surface area (Å²) in [6.07, 6.45) is 5.51. The summed E-state index contributed by atoms with van der Waals surface area (Å²) >= 11 is 0. The van der Waals surface area contributed by atoms with Crippen LogP contribution in [0.1, 0.15) is 30.9 Å². The van der Waals surface area contributed by atoms with Gasteiger partial charge in [0.05, 0.1) is 24.9 Å². The minimum atomic E-state index is -0.451. The van der Waals surface area contributed by atoms with Gasteiger partial charge in [-0.05, 0) is 41.8 Å². The van der Waals surface area contributed by atoms with Crippen molar-refractivity contribution in [3.05, 3.63) is 53.9 Å². The molecule has 4 aromatic heterocycles. The number of nitrogens with one attached hydrogen (secondary N) is 2. The minimum absolute atomic E-state index is 0.204. The fraction of sp³-hybridized carbons (Fsp3) is 0.261. The number of carbonyl (C=O) groups is 1. The fourth-order valence-corrected chi connectivity index (χ4v) is 3.97. The lowest BCUT2D eigenvalue weighted by Gasteiger charge is -2.09. The summed E-state index contributed by atoms with van der Waals surface area (Å²) in [4.78, 5) is 22.1. The average Bonchev–Trinajstić information content (AvgIpc) is 3.62. The van der Waals surface area contributed by atoms with E-state index >= 15 is 0 Å². The average molecular weight is 458 g/mol. The second-order valence-corrected chi connectivity index (χ2v) is 8.12. The van der Waals surface area contributed by atoms with Crippen molar-refractivity contribution in [2.75, 3.05) is 10.6 Å². The number of amides is 2. The van der Waals surface area contributed by atoms with Crippen LogP contribution >= 0.6 is 0 Å². The van der Waals surface area contributed by atoms with E-state index in [2.05, 4.69) is 37.7 Å². The lowest BCUT2D eigenvalue weighted by molar-refractivity contribution is 0.134. The summed E-state index contributed by atoms with van der Waals surface area (Å²) in [5.41, 5.74) is 3.87. The molecule has 0 fully saturated rings. The van der Waals surface area contributed by atoms with Gasteiger partial charge in [-0.1, -0.05) is 19.4 Å². The van der Waals surface area contributed by atoms with E-state index in [-0.39, 0.29) is 5.95 Å². The van der Waals surface area contributed by atoms with E-state index < -0.39 is 6.03 Å². The fourth-order valence-electron chi connectivity index (χ4n) is 3.97. The Morgan fingerprint density at radius 1 is 1.12 bits per heavy atom. The maximum absolute atomic E-state index is 12.8. The third kappa shape index (κ3) is 3.65. The number of nitrogens with zero attached hydrogens (tertiary/aromatic N) is 6. The largest absolute Gasteiger partial charge is 0.461 e. The van der Waals surface area contributed by atoms with Gasteiger partial charge in [-0.2, -0.15) is 14.6 Å². The Balaban J connectivity index is 1.36. The topological polar surface area (TPSA) is 124 Å². The van der Waals surface area contributed by atoms with Crippen LogP contribution in [0.3, 0.4) is 0 Å². The lowest BCUT2D eigenvalue weighted by Crippen LogP contribution is -2.22. The van der Waals surface area contributed by atoms with Crippen molar-refractivity contribution >= 4 is 34.3 Å². The number of fused-ring (bicyclic) bond motifs is 4. The maximum atomic E-state index is 12.8. The molecule has 11 heteroatoms. The Morgan fingerprint density at radius 3 is 2.88 bits per heavy atom. The molecule has 34 heavy (non-hydrogen) atoms.